The fraction of sp³-hybridized carbons (Fsp3) is 0.286. The van der Waals surface area contributed by atoms with Gasteiger partial charge in [0, 0.05) is 30.1 Å². The third kappa shape index (κ3) is 6.80. The number of carbonyl (C=O) groups excluding carboxylic acids is 5. The van der Waals surface area contributed by atoms with E-state index in [-0.39, 0.29) is 17.3 Å². The van der Waals surface area contributed by atoms with Crippen molar-refractivity contribution in [2.24, 2.45) is 0 Å². The van der Waals surface area contributed by atoms with Gasteiger partial charge in [-0.25, -0.2) is 19.1 Å². The summed E-state index contributed by atoms with van der Waals surface area (Å²) in [6.07, 6.45) is 4.03. The largest absolute Gasteiger partial charge is 0.426 e. The highest BCUT2D eigenvalue weighted by molar-refractivity contribution is 6.19. The fourth-order valence-electron chi connectivity index (χ4n) is 4.06. The summed E-state index contributed by atoms with van der Waals surface area (Å²) in [5.41, 5.74) is 2.95. The SMILES string of the molecule is CCCNC(=O)c1cn2ncnc(Nc3cc(C(=O)N(C(=O)OCOC(=O)C(C)NC=O)c4ccon4)ccc3C)c2c1C. The number of anilines is 3. The number of aryl methyl sites for hydroxylation is 2. The van der Waals surface area contributed by atoms with E-state index in [1.807, 2.05) is 13.8 Å². The summed E-state index contributed by atoms with van der Waals surface area (Å²) >= 11 is 0. The van der Waals surface area contributed by atoms with Crippen LogP contribution in [0.25, 0.3) is 5.52 Å². The van der Waals surface area contributed by atoms with Crippen molar-refractivity contribution in [3.8, 4) is 0 Å². The van der Waals surface area contributed by atoms with E-state index in [0.29, 0.717) is 46.0 Å². The van der Waals surface area contributed by atoms with E-state index >= 15 is 0 Å². The van der Waals surface area contributed by atoms with Gasteiger partial charge in [0.25, 0.3) is 11.8 Å². The van der Waals surface area contributed by atoms with E-state index in [1.54, 1.807) is 23.7 Å². The van der Waals surface area contributed by atoms with Crippen molar-refractivity contribution in [2.45, 2.75) is 40.2 Å². The van der Waals surface area contributed by atoms with Crippen LogP contribution in [-0.4, -0.2) is 69.4 Å². The molecule has 4 rings (SSSR count). The number of fused-ring (bicyclic) bond motifs is 1. The van der Waals surface area contributed by atoms with Crippen molar-refractivity contribution in [2.75, 3.05) is 23.6 Å². The van der Waals surface area contributed by atoms with E-state index in [0.717, 1.165) is 18.2 Å². The van der Waals surface area contributed by atoms with Crippen molar-refractivity contribution in [3.63, 3.8) is 0 Å². The fourth-order valence-corrected chi connectivity index (χ4v) is 4.06. The summed E-state index contributed by atoms with van der Waals surface area (Å²) in [6, 6.07) is 4.98. The molecule has 0 spiro atoms. The van der Waals surface area contributed by atoms with Crippen LogP contribution in [0.5, 0.6) is 0 Å². The Bertz CT molecular complexity index is 1680. The molecular formula is C28H30N8O8. The van der Waals surface area contributed by atoms with Gasteiger partial charge in [0.2, 0.25) is 13.2 Å². The zero-order chi connectivity index (χ0) is 31.8. The van der Waals surface area contributed by atoms with Crippen LogP contribution in [0, 0.1) is 13.8 Å². The van der Waals surface area contributed by atoms with Crippen molar-refractivity contribution < 1.29 is 38.0 Å². The lowest BCUT2D eigenvalue weighted by atomic mass is 10.1. The molecule has 1 unspecified atom stereocenters. The predicted molar refractivity (Wildman–Crippen MR) is 154 cm³/mol. The first-order valence-corrected chi connectivity index (χ1v) is 13.4. The number of carbonyl (C=O) groups is 5. The minimum Gasteiger partial charge on any atom is -0.426 e. The van der Waals surface area contributed by atoms with Gasteiger partial charge in [-0.1, -0.05) is 18.1 Å². The number of esters is 1. The minimum absolute atomic E-state index is 0.0654. The number of rotatable bonds is 12. The number of aromatic nitrogens is 4. The normalized spacial score (nSPS) is 11.4. The molecule has 16 heteroatoms. The topological polar surface area (TPSA) is 199 Å². The third-order valence-corrected chi connectivity index (χ3v) is 6.44. The average molecular weight is 607 g/mol. The molecule has 1 aromatic carbocycles. The van der Waals surface area contributed by atoms with Gasteiger partial charge in [0.05, 0.1) is 5.56 Å². The predicted octanol–water partition coefficient (Wildman–Crippen LogP) is 2.64. The molecule has 0 radical (unpaired) electrons. The molecule has 230 valence electrons. The lowest BCUT2D eigenvalue weighted by Crippen LogP contribution is -2.39. The van der Waals surface area contributed by atoms with Crippen molar-refractivity contribution >= 4 is 53.1 Å². The zero-order valence-corrected chi connectivity index (χ0v) is 24.3. The molecule has 0 saturated carbocycles. The Labute approximate surface area is 250 Å². The van der Waals surface area contributed by atoms with E-state index in [2.05, 4.69) is 31.2 Å². The first-order valence-electron chi connectivity index (χ1n) is 13.4. The summed E-state index contributed by atoms with van der Waals surface area (Å²) in [5, 5.41) is 16.2. The zero-order valence-electron chi connectivity index (χ0n) is 24.3. The number of nitrogens with one attached hydrogen (secondary N) is 3. The van der Waals surface area contributed by atoms with Gasteiger partial charge in [-0.3, -0.25) is 14.4 Å². The van der Waals surface area contributed by atoms with Gasteiger partial charge in [-0.05, 0) is 50.5 Å². The summed E-state index contributed by atoms with van der Waals surface area (Å²) < 4.78 is 16.2. The number of amides is 4. The molecule has 0 fully saturated rings. The Morgan fingerprint density at radius 3 is 2.66 bits per heavy atom. The molecule has 3 N–H and O–H groups in total. The molecule has 0 aliphatic heterocycles. The highest BCUT2D eigenvalue weighted by Gasteiger charge is 2.30. The highest BCUT2D eigenvalue weighted by Crippen LogP contribution is 2.28. The van der Waals surface area contributed by atoms with Crippen molar-refractivity contribution in [1.82, 2.24) is 30.4 Å². The minimum atomic E-state index is -1.20. The Morgan fingerprint density at radius 2 is 1.95 bits per heavy atom. The number of hydrogen-bond acceptors (Lipinski definition) is 12. The van der Waals surface area contributed by atoms with Crippen molar-refractivity contribution in [1.29, 1.82) is 0 Å². The van der Waals surface area contributed by atoms with Crippen LogP contribution in [0.2, 0.25) is 0 Å². The Kier molecular flexibility index (Phi) is 9.85. The smallest absolute Gasteiger partial charge is 0.425 e. The monoisotopic (exact) mass is 606 g/mol. The van der Waals surface area contributed by atoms with Gasteiger partial charge in [-0.15, -0.1) is 0 Å². The number of nitrogens with zero attached hydrogens (tertiary/aromatic N) is 5. The molecule has 0 bridgehead atoms. The molecule has 44 heavy (non-hydrogen) atoms. The first-order chi connectivity index (χ1) is 21.2. The number of imide groups is 1. The Morgan fingerprint density at radius 1 is 1.16 bits per heavy atom. The number of ether oxygens (including phenoxy) is 2. The van der Waals surface area contributed by atoms with Crippen LogP contribution in [0.15, 0.2) is 47.6 Å². The summed E-state index contributed by atoms with van der Waals surface area (Å²) in [6.45, 7) is 6.63. The van der Waals surface area contributed by atoms with E-state index in [4.69, 9.17) is 14.0 Å². The second-order valence-electron chi connectivity index (χ2n) is 9.48. The van der Waals surface area contributed by atoms with Crippen LogP contribution in [0.1, 0.15) is 52.1 Å². The first kappa shape index (κ1) is 31.1. The maximum absolute atomic E-state index is 13.6. The second kappa shape index (κ2) is 13.9. The van der Waals surface area contributed by atoms with Crippen molar-refractivity contribution in [3.05, 3.63) is 65.3 Å². The highest BCUT2D eigenvalue weighted by atomic mass is 16.7. The molecule has 0 aliphatic carbocycles. The summed E-state index contributed by atoms with van der Waals surface area (Å²) in [7, 11) is 0. The quantitative estimate of drug-likeness (QED) is 0.121. The molecule has 3 heterocycles. The van der Waals surface area contributed by atoms with Gasteiger partial charge < -0.3 is 29.9 Å². The molecule has 4 aromatic rings. The van der Waals surface area contributed by atoms with E-state index < -0.39 is 30.8 Å². The van der Waals surface area contributed by atoms with E-state index in [9.17, 15) is 24.0 Å². The second-order valence-corrected chi connectivity index (χ2v) is 9.48. The van der Waals surface area contributed by atoms with Crippen LogP contribution >= 0.6 is 0 Å². The molecule has 0 aliphatic rings. The molecule has 1 atom stereocenters. The summed E-state index contributed by atoms with van der Waals surface area (Å²) in [4.78, 5) is 66.6. The molecule has 4 amide bonds. The van der Waals surface area contributed by atoms with Crippen LogP contribution in [0.3, 0.4) is 0 Å². The van der Waals surface area contributed by atoms with Crippen LogP contribution in [-0.2, 0) is 19.1 Å². The molecular weight excluding hydrogens is 576 g/mol. The van der Waals surface area contributed by atoms with Gasteiger partial charge in [-0.2, -0.15) is 10.00 Å². The maximum atomic E-state index is 13.6. The number of benzene rings is 1. The summed E-state index contributed by atoms with van der Waals surface area (Å²) in [5.74, 6) is -1.70. The van der Waals surface area contributed by atoms with Crippen LogP contribution < -0.4 is 20.9 Å². The maximum Gasteiger partial charge on any atom is 0.425 e. The van der Waals surface area contributed by atoms with Gasteiger partial charge in [0.15, 0.2) is 11.6 Å². The molecule has 0 saturated heterocycles. The Balaban J connectivity index is 1.58. The number of hydrogen-bond donors (Lipinski definition) is 3. The van der Waals surface area contributed by atoms with E-state index in [1.165, 1.54) is 31.5 Å². The Hall–Kier alpha value is -5.80. The van der Waals surface area contributed by atoms with Gasteiger partial charge in [0.1, 0.15) is 24.1 Å². The molecule has 3 aromatic heterocycles. The average Bonchev–Trinajstić information content (AvgIpc) is 3.65. The molecule has 16 nitrogen and oxygen atoms in total. The standard InChI is InChI=1S/C28H30N8O8/c1-5-9-29-25(38)20-12-35-23(17(20)3)24(30-13-32-35)33-21-11-19(7-6-16(21)2)26(39)36(22-8-10-44-34-22)28(41)43-15-42-27(40)18(4)31-14-37/h6-8,10-14,18H,5,9,15H2,1-4H3,(H,29,38)(H,31,37)(H,30,32,33). The van der Waals surface area contributed by atoms with Crippen LogP contribution in [0.4, 0.5) is 22.1 Å². The lowest BCUT2D eigenvalue weighted by Gasteiger charge is -2.19. The lowest BCUT2D eigenvalue weighted by molar-refractivity contribution is -0.154. The third-order valence-electron chi connectivity index (χ3n) is 6.44. The van der Waals surface area contributed by atoms with Gasteiger partial charge >= 0.3 is 12.1 Å².